The molecule has 1 atom stereocenters. The molecule has 0 saturated heterocycles. The highest BCUT2D eigenvalue weighted by Gasteiger charge is 2.29. The fourth-order valence-electron chi connectivity index (χ4n) is 2.77. The van der Waals surface area contributed by atoms with E-state index in [2.05, 4.69) is 39.9 Å². The number of hydrogen-bond acceptors (Lipinski definition) is 2. The molecule has 0 heterocycles. The fraction of sp³-hybridized carbons (Fsp3) is 0.500. The average Bonchev–Trinajstić information content (AvgIpc) is 2.73. The van der Waals surface area contributed by atoms with Crippen LogP contribution in [0.25, 0.3) is 0 Å². The second-order valence-electron chi connectivity index (χ2n) is 4.73. The summed E-state index contributed by atoms with van der Waals surface area (Å²) in [5, 5.41) is 9.02. The molecule has 1 N–H and O–H groups in total. The van der Waals surface area contributed by atoms with Gasteiger partial charge < -0.3 is 5.11 Å². The van der Waals surface area contributed by atoms with E-state index in [1.807, 2.05) is 6.07 Å². The Morgan fingerprint density at radius 2 is 2.33 bits per heavy atom. The number of hydrogen-bond donors (Lipinski definition) is 1. The quantitative estimate of drug-likeness (QED) is 0.907. The Balaban J connectivity index is 2.24. The molecule has 4 heteroatoms. The first-order chi connectivity index (χ1) is 8.63. The Hall–Kier alpha value is -0.870. The van der Waals surface area contributed by atoms with E-state index in [9.17, 15) is 4.79 Å². The third-order valence-electron chi connectivity index (χ3n) is 3.47. The number of carboxylic acid groups (broad SMARTS) is 1. The van der Waals surface area contributed by atoms with Crippen molar-refractivity contribution >= 4 is 21.9 Å². The number of aliphatic carboxylic acids is 1. The van der Waals surface area contributed by atoms with E-state index in [0.717, 1.165) is 30.3 Å². The van der Waals surface area contributed by atoms with Crippen LogP contribution in [-0.4, -0.2) is 29.1 Å². The lowest BCUT2D eigenvalue weighted by Crippen LogP contribution is -2.33. The van der Waals surface area contributed by atoms with Crippen molar-refractivity contribution in [3.8, 4) is 0 Å². The molecule has 98 valence electrons. The van der Waals surface area contributed by atoms with Gasteiger partial charge in [0.2, 0.25) is 0 Å². The Morgan fingerprint density at radius 1 is 1.56 bits per heavy atom. The summed E-state index contributed by atoms with van der Waals surface area (Å²) in [6, 6.07) is 6.48. The Morgan fingerprint density at radius 3 is 3.00 bits per heavy atom. The molecule has 3 nitrogen and oxygen atoms in total. The molecule has 1 aromatic rings. The summed E-state index contributed by atoms with van der Waals surface area (Å²) < 4.78 is 1.15. The molecular formula is C14H18BrNO2. The maximum atomic E-state index is 11.0. The first kappa shape index (κ1) is 13.6. The van der Waals surface area contributed by atoms with Crippen LogP contribution in [-0.2, 0) is 11.2 Å². The molecule has 1 unspecified atom stereocenters. The molecule has 1 aromatic carbocycles. The predicted octanol–water partition coefficient (Wildman–Crippen LogP) is 3.23. The molecular weight excluding hydrogens is 294 g/mol. The SMILES string of the molecule is CCCN(CC(=O)O)C1CCc2c(Br)cccc21. The van der Waals surface area contributed by atoms with Crippen LogP contribution in [0.15, 0.2) is 22.7 Å². The minimum Gasteiger partial charge on any atom is -0.480 e. The van der Waals surface area contributed by atoms with Gasteiger partial charge in [0.1, 0.15) is 0 Å². The molecule has 0 spiro atoms. The Labute approximate surface area is 116 Å². The van der Waals surface area contributed by atoms with Crippen molar-refractivity contribution in [1.29, 1.82) is 0 Å². The zero-order chi connectivity index (χ0) is 13.1. The molecule has 0 amide bonds. The summed E-state index contributed by atoms with van der Waals surface area (Å²) >= 11 is 3.58. The minimum absolute atomic E-state index is 0.129. The molecule has 2 rings (SSSR count). The highest BCUT2D eigenvalue weighted by Crippen LogP contribution is 2.39. The predicted molar refractivity (Wildman–Crippen MR) is 74.7 cm³/mol. The van der Waals surface area contributed by atoms with Gasteiger partial charge in [-0.15, -0.1) is 0 Å². The minimum atomic E-state index is -0.744. The molecule has 0 aromatic heterocycles. The monoisotopic (exact) mass is 311 g/mol. The van der Waals surface area contributed by atoms with Crippen LogP contribution < -0.4 is 0 Å². The molecule has 18 heavy (non-hydrogen) atoms. The first-order valence-corrected chi connectivity index (χ1v) is 7.16. The third-order valence-corrected chi connectivity index (χ3v) is 4.21. The van der Waals surface area contributed by atoms with E-state index in [0.29, 0.717) is 0 Å². The van der Waals surface area contributed by atoms with Crippen molar-refractivity contribution in [2.45, 2.75) is 32.2 Å². The number of fused-ring (bicyclic) bond motifs is 1. The summed E-state index contributed by atoms with van der Waals surface area (Å²) in [5.41, 5.74) is 2.63. The van der Waals surface area contributed by atoms with Gasteiger partial charge in [-0.25, -0.2) is 0 Å². The van der Waals surface area contributed by atoms with Gasteiger partial charge in [0, 0.05) is 10.5 Å². The number of halogens is 1. The Bertz CT molecular complexity index is 447. The standard InChI is InChI=1S/C14H18BrNO2/c1-2-8-16(9-14(17)18)13-7-6-10-11(13)4-3-5-12(10)15/h3-5,13H,2,6-9H2,1H3,(H,17,18). The van der Waals surface area contributed by atoms with Crippen LogP contribution in [0, 0.1) is 0 Å². The lowest BCUT2D eigenvalue weighted by Gasteiger charge is -2.27. The van der Waals surface area contributed by atoms with Gasteiger partial charge in [0.15, 0.2) is 0 Å². The molecule has 1 aliphatic carbocycles. The maximum absolute atomic E-state index is 11.0. The van der Waals surface area contributed by atoms with Crippen molar-refractivity contribution in [2.75, 3.05) is 13.1 Å². The largest absolute Gasteiger partial charge is 0.480 e. The zero-order valence-electron chi connectivity index (χ0n) is 10.5. The van der Waals surface area contributed by atoms with Gasteiger partial charge in [0.05, 0.1) is 6.54 Å². The van der Waals surface area contributed by atoms with Crippen LogP contribution in [0.1, 0.15) is 36.9 Å². The summed E-state index contributed by atoms with van der Waals surface area (Å²) in [5.74, 6) is -0.744. The maximum Gasteiger partial charge on any atom is 0.317 e. The van der Waals surface area contributed by atoms with Gasteiger partial charge in [-0.3, -0.25) is 9.69 Å². The first-order valence-electron chi connectivity index (χ1n) is 6.36. The smallest absolute Gasteiger partial charge is 0.317 e. The molecule has 0 bridgehead atoms. The number of rotatable bonds is 5. The van der Waals surface area contributed by atoms with Crippen LogP contribution in [0.3, 0.4) is 0 Å². The van der Waals surface area contributed by atoms with Gasteiger partial charge in [-0.05, 0) is 43.0 Å². The number of carboxylic acids is 1. The van der Waals surface area contributed by atoms with Crippen molar-refractivity contribution in [3.05, 3.63) is 33.8 Å². The van der Waals surface area contributed by atoms with Gasteiger partial charge in [0.25, 0.3) is 0 Å². The van der Waals surface area contributed by atoms with E-state index in [1.165, 1.54) is 11.1 Å². The van der Waals surface area contributed by atoms with E-state index < -0.39 is 5.97 Å². The molecule has 0 fully saturated rings. The zero-order valence-corrected chi connectivity index (χ0v) is 12.1. The van der Waals surface area contributed by atoms with E-state index >= 15 is 0 Å². The normalized spacial score (nSPS) is 18.1. The number of benzene rings is 1. The van der Waals surface area contributed by atoms with Crippen LogP contribution >= 0.6 is 15.9 Å². The number of carbonyl (C=O) groups is 1. The summed E-state index contributed by atoms with van der Waals surface area (Å²) in [7, 11) is 0. The summed E-state index contributed by atoms with van der Waals surface area (Å²) in [4.78, 5) is 13.1. The highest BCUT2D eigenvalue weighted by atomic mass is 79.9. The molecule has 0 aliphatic heterocycles. The van der Waals surface area contributed by atoms with Crippen LogP contribution in [0.4, 0.5) is 0 Å². The second-order valence-corrected chi connectivity index (χ2v) is 5.58. The van der Waals surface area contributed by atoms with Crippen molar-refractivity contribution in [2.24, 2.45) is 0 Å². The van der Waals surface area contributed by atoms with Crippen LogP contribution in [0.5, 0.6) is 0 Å². The van der Waals surface area contributed by atoms with E-state index in [4.69, 9.17) is 5.11 Å². The topological polar surface area (TPSA) is 40.5 Å². The average molecular weight is 312 g/mol. The highest BCUT2D eigenvalue weighted by molar-refractivity contribution is 9.10. The van der Waals surface area contributed by atoms with Crippen molar-refractivity contribution in [1.82, 2.24) is 4.90 Å². The number of nitrogens with zero attached hydrogens (tertiary/aromatic N) is 1. The lowest BCUT2D eigenvalue weighted by atomic mass is 10.1. The van der Waals surface area contributed by atoms with Crippen molar-refractivity contribution in [3.63, 3.8) is 0 Å². The van der Waals surface area contributed by atoms with Gasteiger partial charge in [-0.1, -0.05) is 35.0 Å². The summed E-state index contributed by atoms with van der Waals surface area (Å²) in [6.45, 7) is 3.05. The van der Waals surface area contributed by atoms with Crippen molar-refractivity contribution < 1.29 is 9.90 Å². The lowest BCUT2D eigenvalue weighted by molar-refractivity contribution is -0.139. The van der Waals surface area contributed by atoms with E-state index in [-0.39, 0.29) is 12.6 Å². The molecule has 0 radical (unpaired) electrons. The van der Waals surface area contributed by atoms with Crippen LogP contribution in [0.2, 0.25) is 0 Å². The molecule has 1 aliphatic rings. The van der Waals surface area contributed by atoms with Gasteiger partial charge in [-0.2, -0.15) is 0 Å². The van der Waals surface area contributed by atoms with E-state index in [1.54, 1.807) is 0 Å². The summed E-state index contributed by atoms with van der Waals surface area (Å²) in [6.07, 6.45) is 3.03. The fourth-order valence-corrected chi connectivity index (χ4v) is 3.35. The Kier molecular flexibility index (Phi) is 4.40. The van der Waals surface area contributed by atoms with Gasteiger partial charge >= 0.3 is 5.97 Å². The third kappa shape index (κ3) is 2.75. The molecule has 0 saturated carbocycles. The second kappa shape index (κ2) is 5.85.